The second kappa shape index (κ2) is 6.92. The minimum Gasteiger partial charge on any atom is -0.436 e. The molecule has 6 nitrogen and oxygen atoms in total. The number of halogens is 1. The molecule has 2 aromatic rings. The van der Waals surface area contributed by atoms with E-state index in [1.54, 1.807) is 6.07 Å². The van der Waals surface area contributed by atoms with Crippen molar-refractivity contribution in [1.82, 2.24) is 9.78 Å². The van der Waals surface area contributed by atoms with Crippen molar-refractivity contribution < 1.29 is 13.6 Å². The number of carbonyl (C=O) groups is 1. The van der Waals surface area contributed by atoms with Gasteiger partial charge in [-0.2, -0.15) is 4.68 Å². The molecule has 7 heteroatoms. The lowest BCUT2D eigenvalue weighted by atomic mass is 10.1. The fourth-order valence-corrected chi connectivity index (χ4v) is 3.28. The predicted octanol–water partition coefficient (Wildman–Crippen LogP) is 3.89. The van der Waals surface area contributed by atoms with Gasteiger partial charge in [0.15, 0.2) is 5.49 Å². The minimum atomic E-state index is -0.580. The van der Waals surface area contributed by atoms with Gasteiger partial charge in [-0.05, 0) is 50.2 Å². The molecule has 0 aliphatic carbocycles. The van der Waals surface area contributed by atoms with Crippen molar-refractivity contribution in [1.29, 1.82) is 5.41 Å². The number of rotatable bonds is 4. The number of fused-ring (bicyclic) bond motifs is 2. The van der Waals surface area contributed by atoms with E-state index in [0.29, 0.717) is 11.1 Å². The second-order valence-corrected chi connectivity index (χ2v) is 6.44. The average molecular weight is 378 g/mol. The Morgan fingerprint density at radius 2 is 1.96 bits per heavy atom. The number of hydrogen-bond acceptors (Lipinski definition) is 5. The molecular formula is C21H19FN4O2. The first-order chi connectivity index (χ1) is 13.5. The highest BCUT2D eigenvalue weighted by molar-refractivity contribution is 5.96. The van der Waals surface area contributed by atoms with Crippen molar-refractivity contribution in [3.63, 3.8) is 0 Å². The molecule has 142 valence electrons. The summed E-state index contributed by atoms with van der Waals surface area (Å²) in [5.74, 6) is -0.906. The summed E-state index contributed by atoms with van der Waals surface area (Å²) in [6.45, 7) is 5.91. The quantitative estimate of drug-likeness (QED) is 0.585. The van der Waals surface area contributed by atoms with Crippen LogP contribution >= 0.6 is 0 Å². The molecule has 0 amide bonds. The van der Waals surface area contributed by atoms with E-state index in [2.05, 4.69) is 23.8 Å². The number of nitrogens with one attached hydrogen (secondary N) is 1. The first-order valence-electron chi connectivity index (χ1n) is 9.08. The first kappa shape index (κ1) is 17.9. The molecule has 0 fully saturated rings. The topological polar surface area (TPSA) is 75.1 Å². The van der Waals surface area contributed by atoms with Gasteiger partial charge >= 0.3 is 0 Å². The molecular weight excluding hydrogens is 359 g/mol. The average Bonchev–Trinajstić information content (AvgIpc) is 3.02. The van der Waals surface area contributed by atoms with E-state index in [1.807, 2.05) is 18.2 Å². The standard InChI is InChI=1S/C21H19FN4O2/c1-3-25(4-2)16-9-8-13-11-17-19(23)26(24-20(17)28-18(13)12-16)21(27)14-6-5-7-15(22)10-14/h5-12,23H,3-4H2,1-2H3. The maximum atomic E-state index is 13.4. The van der Waals surface area contributed by atoms with Crippen LogP contribution in [0.2, 0.25) is 0 Å². The zero-order valence-corrected chi connectivity index (χ0v) is 15.6. The van der Waals surface area contributed by atoms with Gasteiger partial charge in [0.2, 0.25) is 5.89 Å². The summed E-state index contributed by atoms with van der Waals surface area (Å²) >= 11 is 0. The Bertz CT molecular complexity index is 1210. The van der Waals surface area contributed by atoms with E-state index in [0.717, 1.165) is 34.9 Å². The summed E-state index contributed by atoms with van der Waals surface area (Å²) < 4.78 is 20.3. The number of hydrogen-bond donors (Lipinski definition) is 1. The molecule has 0 unspecified atom stereocenters. The zero-order valence-electron chi connectivity index (χ0n) is 15.6. The van der Waals surface area contributed by atoms with Gasteiger partial charge in [0.25, 0.3) is 5.91 Å². The van der Waals surface area contributed by atoms with Crippen LogP contribution in [0.15, 0.2) is 52.9 Å². The van der Waals surface area contributed by atoms with E-state index < -0.39 is 11.7 Å². The highest BCUT2D eigenvalue weighted by atomic mass is 19.1. The molecule has 0 bridgehead atoms. The van der Waals surface area contributed by atoms with E-state index >= 15 is 0 Å². The van der Waals surface area contributed by atoms with Crippen LogP contribution in [-0.4, -0.2) is 28.8 Å². The lowest BCUT2D eigenvalue weighted by Gasteiger charge is -2.21. The van der Waals surface area contributed by atoms with Crippen LogP contribution in [0.4, 0.5) is 10.1 Å². The van der Waals surface area contributed by atoms with E-state index in [1.165, 1.54) is 18.2 Å². The third kappa shape index (κ3) is 2.94. The Morgan fingerprint density at radius 1 is 1.18 bits per heavy atom. The zero-order chi connectivity index (χ0) is 19.8. The second-order valence-electron chi connectivity index (χ2n) is 6.44. The smallest absolute Gasteiger partial charge is 0.280 e. The molecule has 2 aliphatic heterocycles. The molecule has 2 aromatic carbocycles. The summed E-state index contributed by atoms with van der Waals surface area (Å²) in [5.41, 5.74) is 2.10. The van der Waals surface area contributed by atoms with Crippen molar-refractivity contribution in [2.75, 3.05) is 18.0 Å². The number of aromatic nitrogens is 2. The van der Waals surface area contributed by atoms with Gasteiger partial charge < -0.3 is 9.32 Å². The van der Waals surface area contributed by atoms with Crippen LogP contribution in [0.5, 0.6) is 0 Å². The first-order valence-corrected chi connectivity index (χ1v) is 9.08. The van der Waals surface area contributed by atoms with Crippen molar-refractivity contribution in [2.24, 2.45) is 0 Å². The molecule has 28 heavy (non-hydrogen) atoms. The molecule has 2 aliphatic rings. The lowest BCUT2D eigenvalue weighted by Crippen LogP contribution is -2.25. The van der Waals surface area contributed by atoms with Gasteiger partial charge in [0.1, 0.15) is 11.4 Å². The third-order valence-corrected chi connectivity index (χ3v) is 4.78. The monoisotopic (exact) mass is 378 g/mol. The van der Waals surface area contributed by atoms with Crippen LogP contribution in [0.25, 0.3) is 22.4 Å². The summed E-state index contributed by atoms with van der Waals surface area (Å²) in [6.07, 6.45) is 0. The Morgan fingerprint density at radius 3 is 2.68 bits per heavy atom. The van der Waals surface area contributed by atoms with E-state index in [-0.39, 0.29) is 16.9 Å². The van der Waals surface area contributed by atoms with E-state index in [4.69, 9.17) is 9.83 Å². The van der Waals surface area contributed by atoms with Gasteiger partial charge in [-0.1, -0.05) is 6.07 Å². The normalized spacial score (nSPS) is 11.2. The number of carbonyl (C=O) groups excluding carboxylic acids is 1. The third-order valence-electron chi connectivity index (χ3n) is 4.78. The summed E-state index contributed by atoms with van der Waals surface area (Å²) in [4.78, 5) is 14.9. The fourth-order valence-electron chi connectivity index (χ4n) is 3.28. The predicted molar refractivity (Wildman–Crippen MR) is 104 cm³/mol. The summed E-state index contributed by atoms with van der Waals surface area (Å²) in [6, 6.07) is 13.0. The molecule has 0 radical (unpaired) electrons. The Balaban J connectivity index is 1.84. The van der Waals surface area contributed by atoms with Crippen molar-refractivity contribution >= 4 is 22.6 Å². The Hall–Kier alpha value is -3.48. The molecule has 4 rings (SSSR count). The molecule has 0 spiro atoms. The van der Waals surface area contributed by atoms with Crippen molar-refractivity contribution in [2.45, 2.75) is 13.8 Å². The maximum absolute atomic E-state index is 13.4. The van der Waals surface area contributed by atoms with Crippen LogP contribution in [0.3, 0.4) is 0 Å². The SMILES string of the molecule is CCN(CC)c1ccc2cc3c(=N)n(C(=O)c4cccc(F)c4)nc-3oc2c1. The van der Waals surface area contributed by atoms with Gasteiger partial charge in [-0.25, -0.2) is 4.39 Å². The lowest BCUT2D eigenvalue weighted by molar-refractivity contribution is 0.0939. The fraction of sp³-hybridized carbons (Fsp3) is 0.190. The van der Waals surface area contributed by atoms with Crippen LogP contribution in [-0.2, 0) is 0 Å². The molecule has 2 heterocycles. The largest absolute Gasteiger partial charge is 0.436 e. The van der Waals surface area contributed by atoms with Gasteiger partial charge in [-0.15, -0.1) is 5.10 Å². The summed E-state index contributed by atoms with van der Waals surface area (Å²) in [7, 11) is 0. The molecule has 0 saturated carbocycles. The Labute approximate surface area is 160 Å². The molecule has 0 atom stereocenters. The van der Waals surface area contributed by atoms with E-state index in [9.17, 15) is 9.18 Å². The number of benzene rings is 2. The van der Waals surface area contributed by atoms with Gasteiger partial charge in [0, 0.05) is 35.8 Å². The highest BCUT2D eigenvalue weighted by Crippen LogP contribution is 2.28. The van der Waals surface area contributed by atoms with Crippen molar-refractivity contribution in [3.05, 3.63) is 65.4 Å². The number of nitrogens with zero attached hydrogens (tertiary/aromatic N) is 3. The molecule has 0 aromatic heterocycles. The van der Waals surface area contributed by atoms with Crippen LogP contribution in [0, 0.1) is 11.2 Å². The van der Waals surface area contributed by atoms with Crippen LogP contribution < -0.4 is 10.4 Å². The Kier molecular flexibility index (Phi) is 4.43. The minimum absolute atomic E-state index is 0.0947. The summed E-state index contributed by atoms with van der Waals surface area (Å²) in [5, 5.41) is 13.3. The van der Waals surface area contributed by atoms with Gasteiger partial charge in [0.05, 0.1) is 5.56 Å². The number of anilines is 1. The maximum Gasteiger partial charge on any atom is 0.280 e. The van der Waals surface area contributed by atoms with Gasteiger partial charge in [-0.3, -0.25) is 10.2 Å². The molecule has 0 saturated heterocycles. The van der Waals surface area contributed by atoms with Crippen LogP contribution in [0.1, 0.15) is 24.2 Å². The molecule has 1 N–H and O–H groups in total. The highest BCUT2D eigenvalue weighted by Gasteiger charge is 2.21. The van der Waals surface area contributed by atoms with Crippen molar-refractivity contribution in [3.8, 4) is 11.5 Å².